The molecule has 12 heteroatoms. The van der Waals surface area contributed by atoms with Crippen LogP contribution in [0.3, 0.4) is 0 Å². The molecule has 1 aromatic heterocycles. The highest BCUT2D eigenvalue weighted by atomic mass is 79.9. The van der Waals surface area contributed by atoms with E-state index in [0.29, 0.717) is 25.0 Å². The van der Waals surface area contributed by atoms with Gasteiger partial charge in [0.25, 0.3) is 5.69 Å². The second-order valence-corrected chi connectivity index (χ2v) is 10.4. The van der Waals surface area contributed by atoms with Crippen LogP contribution in [0.25, 0.3) is 16.2 Å². The molecule has 0 unspecified atom stereocenters. The molecule has 1 aliphatic rings. The van der Waals surface area contributed by atoms with Gasteiger partial charge in [0, 0.05) is 37.3 Å². The number of carbonyl (C=O) groups excluding carboxylic acids is 2. The van der Waals surface area contributed by atoms with E-state index in [2.05, 4.69) is 20.9 Å². The minimum atomic E-state index is -0.731. The van der Waals surface area contributed by atoms with E-state index in [1.54, 1.807) is 30.3 Å². The SMILES string of the molecule is O=C1OC(c2sc3cc(Cl)ccc3c2Cl)=N/C1=C/c1cc(Br)ccc1OC(=O)c1ccc([N+](=O)[O-])cc1. The first kappa shape index (κ1) is 25.1. The van der Waals surface area contributed by atoms with Gasteiger partial charge in [-0.25, -0.2) is 14.6 Å². The number of nitro benzene ring substituents is 1. The number of esters is 2. The molecule has 0 saturated heterocycles. The fraction of sp³-hybridized carbons (Fsp3) is 0. The van der Waals surface area contributed by atoms with Crippen LogP contribution in [-0.2, 0) is 9.53 Å². The summed E-state index contributed by atoms with van der Waals surface area (Å²) in [5.74, 6) is -1.23. The van der Waals surface area contributed by atoms with Crippen molar-refractivity contribution in [2.24, 2.45) is 4.99 Å². The Morgan fingerprint density at radius 3 is 2.59 bits per heavy atom. The van der Waals surface area contributed by atoms with Crippen LogP contribution >= 0.6 is 50.5 Å². The zero-order valence-electron chi connectivity index (χ0n) is 18.2. The van der Waals surface area contributed by atoms with Crippen LogP contribution in [0.1, 0.15) is 20.8 Å². The maximum Gasteiger partial charge on any atom is 0.363 e. The maximum absolute atomic E-state index is 12.7. The second kappa shape index (κ2) is 10.1. The van der Waals surface area contributed by atoms with Gasteiger partial charge in [-0.2, -0.15) is 0 Å². The van der Waals surface area contributed by atoms with E-state index in [1.165, 1.54) is 47.7 Å². The topological polar surface area (TPSA) is 108 Å². The Labute approximate surface area is 231 Å². The number of hydrogen-bond donors (Lipinski definition) is 0. The first-order valence-corrected chi connectivity index (χ1v) is 12.7. The molecule has 0 amide bonds. The summed E-state index contributed by atoms with van der Waals surface area (Å²) >= 11 is 17.2. The lowest BCUT2D eigenvalue weighted by Crippen LogP contribution is -2.09. The summed E-state index contributed by atoms with van der Waals surface area (Å²) in [6.07, 6.45) is 1.43. The Balaban J connectivity index is 1.46. The van der Waals surface area contributed by atoms with Gasteiger partial charge in [0.05, 0.1) is 15.5 Å². The molecule has 2 heterocycles. The fourth-order valence-electron chi connectivity index (χ4n) is 3.43. The summed E-state index contributed by atoms with van der Waals surface area (Å²) in [5, 5.41) is 12.6. The molecule has 0 aliphatic carbocycles. The number of rotatable bonds is 5. The minimum Gasteiger partial charge on any atom is -0.422 e. The predicted molar refractivity (Wildman–Crippen MR) is 145 cm³/mol. The quantitative estimate of drug-likeness (QED) is 0.0757. The molecule has 37 heavy (non-hydrogen) atoms. The van der Waals surface area contributed by atoms with Crippen molar-refractivity contribution in [2.45, 2.75) is 0 Å². The lowest BCUT2D eigenvalue weighted by atomic mass is 10.1. The van der Waals surface area contributed by atoms with Gasteiger partial charge in [-0.1, -0.05) is 45.2 Å². The summed E-state index contributed by atoms with van der Waals surface area (Å²) in [7, 11) is 0. The average molecular weight is 618 g/mol. The molecule has 0 atom stereocenters. The molecule has 3 aromatic carbocycles. The number of nitrogens with zero attached hydrogens (tertiary/aromatic N) is 2. The summed E-state index contributed by atoms with van der Waals surface area (Å²) in [6, 6.07) is 15.1. The molecule has 0 radical (unpaired) electrons. The number of ether oxygens (including phenoxy) is 2. The highest BCUT2D eigenvalue weighted by Gasteiger charge is 2.28. The lowest BCUT2D eigenvalue weighted by Gasteiger charge is -2.08. The summed E-state index contributed by atoms with van der Waals surface area (Å²) < 4.78 is 12.4. The standard InChI is InChI=1S/C25H11BrCl2N2O6S/c26-14-3-8-19(35-24(31)12-1-5-16(6-2-12)30(33)34)13(9-14)10-18-25(32)36-23(29-18)22-21(28)17-7-4-15(27)11-20(17)37-22/h1-11H/b18-10+. The Morgan fingerprint density at radius 1 is 1.11 bits per heavy atom. The van der Waals surface area contributed by atoms with Crippen molar-refractivity contribution >= 4 is 90.2 Å². The number of aliphatic imine (C=N–C) groups is 1. The number of halogens is 3. The van der Waals surface area contributed by atoms with Crippen LogP contribution in [0.5, 0.6) is 5.75 Å². The number of carbonyl (C=O) groups is 2. The van der Waals surface area contributed by atoms with Gasteiger partial charge < -0.3 is 9.47 Å². The summed E-state index contributed by atoms with van der Waals surface area (Å²) in [5.41, 5.74) is 0.316. The van der Waals surface area contributed by atoms with Crippen LogP contribution in [0, 0.1) is 10.1 Å². The van der Waals surface area contributed by atoms with Gasteiger partial charge in [-0.15, -0.1) is 11.3 Å². The third-order valence-electron chi connectivity index (χ3n) is 5.19. The molecule has 0 spiro atoms. The molecule has 0 bridgehead atoms. The third-order valence-corrected chi connectivity index (χ3v) is 7.56. The summed E-state index contributed by atoms with van der Waals surface area (Å²) in [4.78, 5) is 40.4. The van der Waals surface area contributed by atoms with Gasteiger partial charge in [-0.05, 0) is 48.5 Å². The van der Waals surface area contributed by atoms with E-state index in [4.69, 9.17) is 32.7 Å². The number of non-ortho nitro benzene ring substituents is 1. The fourth-order valence-corrected chi connectivity index (χ4v) is 5.53. The van der Waals surface area contributed by atoms with Crippen molar-refractivity contribution in [3.8, 4) is 5.75 Å². The largest absolute Gasteiger partial charge is 0.422 e. The minimum absolute atomic E-state index is 0.0210. The number of benzene rings is 3. The van der Waals surface area contributed by atoms with Gasteiger partial charge in [0.15, 0.2) is 5.70 Å². The van der Waals surface area contributed by atoms with Crippen molar-refractivity contribution in [3.05, 3.63) is 107 Å². The average Bonchev–Trinajstić information content (AvgIpc) is 3.39. The molecule has 8 nitrogen and oxygen atoms in total. The molecule has 0 fully saturated rings. The zero-order chi connectivity index (χ0) is 26.3. The van der Waals surface area contributed by atoms with Crippen LogP contribution in [-0.4, -0.2) is 22.8 Å². The van der Waals surface area contributed by atoms with Crippen molar-refractivity contribution in [1.29, 1.82) is 0 Å². The number of hydrogen-bond acceptors (Lipinski definition) is 8. The van der Waals surface area contributed by atoms with Crippen molar-refractivity contribution < 1.29 is 24.0 Å². The number of cyclic esters (lactones) is 1. The monoisotopic (exact) mass is 616 g/mol. The number of nitro groups is 1. The van der Waals surface area contributed by atoms with Gasteiger partial charge in [0.1, 0.15) is 10.6 Å². The maximum atomic E-state index is 12.7. The van der Waals surface area contributed by atoms with E-state index >= 15 is 0 Å². The van der Waals surface area contributed by atoms with E-state index in [0.717, 1.165) is 10.1 Å². The summed E-state index contributed by atoms with van der Waals surface area (Å²) in [6.45, 7) is 0. The van der Waals surface area contributed by atoms with Gasteiger partial charge in [-0.3, -0.25) is 10.1 Å². The van der Waals surface area contributed by atoms with Gasteiger partial charge >= 0.3 is 11.9 Å². The third kappa shape index (κ3) is 5.14. The van der Waals surface area contributed by atoms with Crippen molar-refractivity contribution in [2.75, 3.05) is 0 Å². The van der Waals surface area contributed by atoms with E-state index < -0.39 is 16.9 Å². The predicted octanol–water partition coefficient (Wildman–Crippen LogP) is 7.44. The van der Waals surface area contributed by atoms with E-state index in [-0.39, 0.29) is 28.6 Å². The van der Waals surface area contributed by atoms with Gasteiger partial charge in [0.2, 0.25) is 5.90 Å². The Hall–Kier alpha value is -3.57. The Morgan fingerprint density at radius 2 is 1.86 bits per heavy atom. The van der Waals surface area contributed by atoms with E-state index in [9.17, 15) is 19.7 Å². The smallest absolute Gasteiger partial charge is 0.363 e. The molecule has 184 valence electrons. The molecule has 1 aliphatic heterocycles. The zero-order valence-corrected chi connectivity index (χ0v) is 22.2. The first-order chi connectivity index (χ1) is 17.7. The van der Waals surface area contributed by atoms with Crippen molar-refractivity contribution in [3.63, 3.8) is 0 Å². The highest BCUT2D eigenvalue weighted by molar-refractivity contribution is 9.10. The molecular weight excluding hydrogens is 607 g/mol. The Kier molecular flexibility index (Phi) is 6.82. The molecule has 5 rings (SSSR count). The van der Waals surface area contributed by atoms with E-state index in [1.807, 2.05) is 0 Å². The van der Waals surface area contributed by atoms with Crippen LogP contribution in [0.15, 0.2) is 75.8 Å². The van der Waals surface area contributed by atoms with Crippen LogP contribution in [0.4, 0.5) is 5.69 Å². The van der Waals surface area contributed by atoms with Crippen LogP contribution < -0.4 is 4.74 Å². The lowest BCUT2D eigenvalue weighted by molar-refractivity contribution is -0.384. The molecular formula is C25H11BrCl2N2O6S. The normalized spacial score (nSPS) is 14.1. The highest BCUT2D eigenvalue weighted by Crippen LogP contribution is 2.39. The van der Waals surface area contributed by atoms with Crippen LogP contribution in [0.2, 0.25) is 10.0 Å². The molecule has 0 N–H and O–H groups in total. The molecule has 4 aromatic rings. The number of fused-ring (bicyclic) bond motifs is 1. The molecule has 0 saturated carbocycles. The number of thiophene rings is 1. The second-order valence-electron chi connectivity index (χ2n) is 7.60. The first-order valence-electron chi connectivity index (χ1n) is 10.4. The van der Waals surface area contributed by atoms with Crippen molar-refractivity contribution in [1.82, 2.24) is 0 Å². The Bertz CT molecular complexity index is 1680.